The number of rotatable bonds is 6. The van der Waals surface area contributed by atoms with Gasteiger partial charge in [0.15, 0.2) is 6.29 Å². The molecule has 0 spiro atoms. The van der Waals surface area contributed by atoms with Crippen LogP contribution in [0.25, 0.3) is 0 Å². The van der Waals surface area contributed by atoms with Gasteiger partial charge in [-0.05, 0) is 6.42 Å². The van der Waals surface area contributed by atoms with Gasteiger partial charge in [0.05, 0.1) is 5.60 Å². The van der Waals surface area contributed by atoms with Crippen molar-refractivity contribution in [3.05, 3.63) is 0 Å². The van der Waals surface area contributed by atoms with Gasteiger partial charge in [-0.1, -0.05) is 13.3 Å². The van der Waals surface area contributed by atoms with Crippen LogP contribution in [0.4, 0.5) is 0 Å². The lowest BCUT2D eigenvalue weighted by atomic mass is 9.89. The van der Waals surface area contributed by atoms with E-state index in [1.54, 1.807) is 14.2 Å². The van der Waals surface area contributed by atoms with Gasteiger partial charge in [-0.2, -0.15) is 0 Å². The fraction of sp³-hybridized carbons (Fsp3) is 1.00. The van der Waals surface area contributed by atoms with Gasteiger partial charge in [0, 0.05) is 33.9 Å². The number of nitrogens with zero attached hydrogens (tertiary/aromatic N) is 1. The van der Waals surface area contributed by atoms with Crippen molar-refractivity contribution in [1.82, 2.24) is 4.90 Å². The molecule has 4 heteroatoms. The van der Waals surface area contributed by atoms with Crippen LogP contribution in [0.5, 0.6) is 0 Å². The van der Waals surface area contributed by atoms with Gasteiger partial charge in [0.25, 0.3) is 0 Å². The summed E-state index contributed by atoms with van der Waals surface area (Å²) in [6, 6.07) is 0. The predicted octanol–water partition coefficient (Wildman–Crippen LogP) is 0.452. The molecule has 1 aliphatic heterocycles. The summed E-state index contributed by atoms with van der Waals surface area (Å²) in [5.41, 5.74) is -0.458. The highest BCUT2D eigenvalue weighted by atomic mass is 16.7. The van der Waals surface area contributed by atoms with Crippen molar-refractivity contribution in [2.45, 2.75) is 31.7 Å². The van der Waals surface area contributed by atoms with Crippen LogP contribution in [-0.2, 0) is 9.47 Å². The molecule has 1 saturated heterocycles. The molecule has 0 unspecified atom stereocenters. The Bertz CT molecular complexity index is 165. The second-order valence-corrected chi connectivity index (χ2v) is 4.04. The minimum Gasteiger partial charge on any atom is -0.387 e. The van der Waals surface area contributed by atoms with Gasteiger partial charge in [-0.15, -0.1) is 0 Å². The molecular formula is C10H21NO3. The minimum atomic E-state index is -0.458. The van der Waals surface area contributed by atoms with E-state index < -0.39 is 5.60 Å². The van der Waals surface area contributed by atoms with E-state index in [2.05, 4.69) is 11.8 Å². The molecule has 0 atom stereocenters. The van der Waals surface area contributed by atoms with Crippen molar-refractivity contribution < 1.29 is 14.6 Å². The van der Waals surface area contributed by atoms with Crippen LogP contribution in [-0.4, -0.2) is 55.8 Å². The van der Waals surface area contributed by atoms with Crippen LogP contribution < -0.4 is 0 Å². The molecule has 14 heavy (non-hydrogen) atoms. The van der Waals surface area contributed by atoms with Crippen LogP contribution in [0.3, 0.4) is 0 Å². The molecule has 0 aromatic heterocycles. The molecule has 1 heterocycles. The molecule has 0 aliphatic carbocycles. The first-order valence-electron chi connectivity index (χ1n) is 5.14. The summed E-state index contributed by atoms with van der Waals surface area (Å²) < 4.78 is 10.2. The molecular weight excluding hydrogens is 182 g/mol. The Balaban J connectivity index is 2.20. The molecule has 0 radical (unpaired) electrons. The Morgan fingerprint density at radius 2 is 1.93 bits per heavy atom. The zero-order valence-corrected chi connectivity index (χ0v) is 9.32. The van der Waals surface area contributed by atoms with Crippen molar-refractivity contribution in [3.8, 4) is 0 Å². The van der Waals surface area contributed by atoms with Crippen molar-refractivity contribution in [2.75, 3.05) is 33.9 Å². The Hall–Kier alpha value is -0.160. The van der Waals surface area contributed by atoms with Crippen molar-refractivity contribution >= 4 is 0 Å². The summed E-state index contributed by atoms with van der Waals surface area (Å²) in [7, 11) is 3.26. The van der Waals surface area contributed by atoms with Crippen LogP contribution in [0.15, 0.2) is 0 Å². The van der Waals surface area contributed by atoms with Gasteiger partial charge in [-0.25, -0.2) is 0 Å². The largest absolute Gasteiger partial charge is 0.387 e. The molecule has 0 bridgehead atoms. The van der Waals surface area contributed by atoms with Crippen molar-refractivity contribution in [1.29, 1.82) is 0 Å². The molecule has 4 nitrogen and oxygen atoms in total. The lowest BCUT2D eigenvalue weighted by Gasteiger charge is -2.47. The van der Waals surface area contributed by atoms with E-state index in [-0.39, 0.29) is 6.29 Å². The fourth-order valence-corrected chi connectivity index (χ4v) is 1.99. The highest BCUT2D eigenvalue weighted by Gasteiger charge is 2.40. The lowest BCUT2D eigenvalue weighted by Crippen LogP contribution is -2.63. The average molecular weight is 203 g/mol. The van der Waals surface area contributed by atoms with Crippen molar-refractivity contribution in [2.24, 2.45) is 0 Å². The van der Waals surface area contributed by atoms with Gasteiger partial charge in [0.2, 0.25) is 0 Å². The second kappa shape index (κ2) is 5.07. The Labute approximate surface area is 85.8 Å². The standard InChI is InChI=1S/C10H21NO3/c1-4-5-10(12)7-11(8-10)6-9(13-2)14-3/h9,12H,4-8H2,1-3H3. The predicted molar refractivity (Wildman–Crippen MR) is 54.1 cm³/mol. The summed E-state index contributed by atoms with van der Waals surface area (Å²) in [6.45, 7) is 4.31. The molecule has 0 aromatic rings. The molecule has 1 N–H and O–H groups in total. The summed E-state index contributed by atoms with van der Waals surface area (Å²) >= 11 is 0. The summed E-state index contributed by atoms with van der Waals surface area (Å²) in [5, 5.41) is 9.92. The summed E-state index contributed by atoms with van der Waals surface area (Å²) in [5.74, 6) is 0. The van der Waals surface area contributed by atoms with E-state index in [0.29, 0.717) is 0 Å². The number of ether oxygens (including phenoxy) is 2. The Morgan fingerprint density at radius 3 is 2.36 bits per heavy atom. The third kappa shape index (κ3) is 2.92. The van der Waals surface area contributed by atoms with Gasteiger partial charge in [0.1, 0.15) is 0 Å². The first kappa shape index (κ1) is 11.9. The maximum Gasteiger partial charge on any atom is 0.169 e. The third-order valence-corrected chi connectivity index (χ3v) is 2.68. The average Bonchev–Trinajstić information content (AvgIpc) is 2.11. The van der Waals surface area contributed by atoms with Crippen LogP contribution in [0, 0.1) is 0 Å². The maximum atomic E-state index is 9.92. The molecule has 0 saturated carbocycles. The number of hydrogen-bond donors (Lipinski definition) is 1. The van der Waals surface area contributed by atoms with Gasteiger partial charge >= 0.3 is 0 Å². The number of methoxy groups -OCH3 is 2. The first-order chi connectivity index (χ1) is 6.63. The molecule has 0 amide bonds. The third-order valence-electron chi connectivity index (χ3n) is 2.68. The zero-order chi connectivity index (χ0) is 10.6. The van der Waals surface area contributed by atoms with Gasteiger partial charge in [-0.3, -0.25) is 4.90 Å². The van der Waals surface area contributed by atoms with E-state index in [4.69, 9.17) is 9.47 Å². The van der Waals surface area contributed by atoms with E-state index >= 15 is 0 Å². The fourth-order valence-electron chi connectivity index (χ4n) is 1.99. The van der Waals surface area contributed by atoms with Gasteiger partial charge < -0.3 is 14.6 Å². The summed E-state index contributed by atoms with van der Waals surface area (Å²) in [6.07, 6.45) is 1.73. The van der Waals surface area contributed by atoms with Crippen LogP contribution in [0.2, 0.25) is 0 Å². The molecule has 1 aliphatic rings. The van der Waals surface area contributed by atoms with Crippen molar-refractivity contribution in [3.63, 3.8) is 0 Å². The van der Waals surface area contributed by atoms with Crippen LogP contribution >= 0.6 is 0 Å². The SMILES string of the molecule is CCCC1(O)CN(CC(OC)OC)C1. The monoisotopic (exact) mass is 203 g/mol. The molecule has 84 valence electrons. The minimum absolute atomic E-state index is 0.179. The topological polar surface area (TPSA) is 41.9 Å². The summed E-state index contributed by atoms with van der Waals surface area (Å²) in [4.78, 5) is 2.15. The normalized spacial score (nSPS) is 21.2. The zero-order valence-electron chi connectivity index (χ0n) is 9.32. The van der Waals surface area contributed by atoms with E-state index in [9.17, 15) is 5.11 Å². The second-order valence-electron chi connectivity index (χ2n) is 4.04. The smallest absolute Gasteiger partial charge is 0.169 e. The Morgan fingerprint density at radius 1 is 1.36 bits per heavy atom. The number of β-amino-alcohol motifs (C(OH)–C–C–N with tert-alkyl or cyclic N) is 1. The maximum absolute atomic E-state index is 9.92. The number of hydrogen-bond acceptors (Lipinski definition) is 4. The van der Waals surface area contributed by atoms with E-state index in [0.717, 1.165) is 32.5 Å². The molecule has 1 fully saturated rings. The first-order valence-corrected chi connectivity index (χ1v) is 5.14. The highest BCUT2D eigenvalue weighted by Crippen LogP contribution is 2.25. The number of likely N-dealkylation sites (tertiary alicyclic amines) is 1. The van der Waals surface area contributed by atoms with Crippen LogP contribution in [0.1, 0.15) is 19.8 Å². The lowest BCUT2D eigenvalue weighted by molar-refractivity contribution is -0.162. The quantitative estimate of drug-likeness (QED) is 0.637. The Kier molecular flexibility index (Phi) is 4.31. The molecule has 1 rings (SSSR count). The van der Waals surface area contributed by atoms with E-state index in [1.807, 2.05) is 0 Å². The highest BCUT2D eigenvalue weighted by molar-refractivity contribution is 4.95. The molecule has 0 aromatic carbocycles. The number of aliphatic hydroxyl groups is 1. The van der Waals surface area contributed by atoms with E-state index in [1.165, 1.54) is 0 Å².